The second kappa shape index (κ2) is 7.72. The Labute approximate surface area is 121 Å². The normalized spacial score (nSPS) is 15.2. The van der Waals surface area contributed by atoms with Crippen molar-refractivity contribution in [3.63, 3.8) is 0 Å². The van der Waals surface area contributed by atoms with Crippen LogP contribution in [0.5, 0.6) is 0 Å². The average Bonchev–Trinajstić information content (AvgIpc) is 2.52. The molecule has 1 heterocycles. The summed E-state index contributed by atoms with van der Waals surface area (Å²) in [6, 6.07) is 10.0. The van der Waals surface area contributed by atoms with Gasteiger partial charge in [-0.25, -0.2) is 0 Å². The maximum absolute atomic E-state index is 12.3. The number of nitrogens with one attached hydrogen (secondary N) is 1. The first-order chi connectivity index (χ1) is 9.81. The van der Waals surface area contributed by atoms with E-state index >= 15 is 0 Å². The SMILES string of the molecule is CCCN(C(=O)C#Cc1ccccc1)C1CCNCC1. The lowest BCUT2D eigenvalue weighted by atomic mass is 10.0. The number of amides is 1. The van der Waals surface area contributed by atoms with E-state index in [1.807, 2.05) is 35.2 Å². The van der Waals surface area contributed by atoms with Crippen molar-refractivity contribution in [2.45, 2.75) is 32.2 Å². The molecule has 0 aliphatic carbocycles. The van der Waals surface area contributed by atoms with Crippen LogP contribution in [0.1, 0.15) is 31.7 Å². The molecule has 0 spiro atoms. The van der Waals surface area contributed by atoms with Crippen LogP contribution in [0.15, 0.2) is 30.3 Å². The third-order valence-corrected chi connectivity index (χ3v) is 3.56. The molecule has 1 saturated heterocycles. The highest BCUT2D eigenvalue weighted by Crippen LogP contribution is 2.12. The number of piperidine rings is 1. The van der Waals surface area contributed by atoms with E-state index in [4.69, 9.17) is 0 Å². The van der Waals surface area contributed by atoms with E-state index in [2.05, 4.69) is 24.1 Å². The molecule has 0 radical (unpaired) electrons. The summed E-state index contributed by atoms with van der Waals surface area (Å²) >= 11 is 0. The van der Waals surface area contributed by atoms with Crippen molar-refractivity contribution in [1.82, 2.24) is 10.2 Å². The Morgan fingerprint density at radius 1 is 1.30 bits per heavy atom. The molecular formula is C17H22N2O. The average molecular weight is 270 g/mol. The Hall–Kier alpha value is -1.79. The van der Waals surface area contributed by atoms with Crippen LogP contribution in [0.25, 0.3) is 0 Å². The van der Waals surface area contributed by atoms with Crippen molar-refractivity contribution >= 4 is 5.91 Å². The number of rotatable bonds is 3. The van der Waals surface area contributed by atoms with E-state index in [1.165, 1.54) is 0 Å². The summed E-state index contributed by atoms with van der Waals surface area (Å²) in [4.78, 5) is 14.3. The Balaban J connectivity index is 2.05. The van der Waals surface area contributed by atoms with Crippen molar-refractivity contribution in [1.29, 1.82) is 0 Å². The van der Waals surface area contributed by atoms with Gasteiger partial charge < -0.3 is 10.2 Å². The zero-order chi connectivity index (χ0) is 14.2. The molecule has 1 aliphatic rings. The molecule has 1 amide bonds. The molecule has 1 aromatic rings. The van der Waals surface area contributed by atoms with E-state index in [9.17, 15) is 4.79 Å². The number of hydrogen-bond donors (Lipinski definition) is 1. The van der Waals surface area contributed by atoms with Crippen LogP contribution in [0, 0.1) is 11.8 Å². The third-order valence-electron chi connectivity index (χ3n) is 3.56. The standard InChI is InChI=1S/C17H22N2O/c1-2-14-19(16-10-12-18-13-11-16)17(20)9-8-15-6-4-3-5-7-15/h3-7,16,18H,2,10-14H2,1H3. The highest BCUT2D eigenvalue weighted by Gasteiger charge is 2.23. The number of benzene rings is 1. The van der Waals surface area contributed by atoms with Crippen LogP contribution < -0.4 is 5.32 Å². The fourth-order valence-electron chi connectivity index (χ4n) is 2.53. The predicted molar refractivity (Wildman–Crippen MR) is 81.2 cm³/mol. The zero-order valence-electron chi connectivity index (χ0n) is 12.1. The summed E-state index contributed by atoms with van der Waals surface area (Å²) in [6.07, 6.45) is 3.03. The number of carbonyl (C=O) groups is 1. The van der Waals surface area contributed by atoms with Gasteiger partial charge in [-0.3, -0.25) is 4.79 Å². The van der Waals surface area contributed by atoms with E-state index in [0.717, 1.165) is 44.5 Å². The van der Waals surface area contributed by atoms with Gasteiger partial charge in [-0.05, 0) is 44.5 Å². The van der Waals surface area contributed by atoms with Crippen molar-refractivity contribution < 1.29 is 4.79 Å². The number of carbonyl (C=O) groups excluding carboxylic acids is 1. The lowest BCUT2D eigenvalue weighted by molar-refractivity contribution is -0.127. The minimum absolute atomic E-state index is 0.0393. The van der Waals surface area contributed by atoms with Crippen LogP contribution in [0.4, 0.5) is 0 Å². The van der Waals surface area contributed by atoms with Gasteiger partial charge in [0.2, 0.25) is 0 Å². The minimum atomic E-state index is -0.0393. The van der Waals surface area contributed by atoms with Crippen molar-refractivity contribution in [3.05, 3.63) is 35.9 Å². The van der Waals surface area contributed by atoms with Gasteiger partial charge in [0.15, 0.2) is 0 Å². The quantitative estimate of drug-likeness (QED) is 0.852. The van der Waals surface area contributed by atoms with Gasteiger partial charge >= 0.3 is 0 Å². The smallest absolute Gasteiger partial charge is 0.299 e. The molecule has 0 aromatic heterocycles. The molecule has 2 rings (SSSR count). The van der Waals surface area contributed by atoms with Crippen LogP contribution >= 0.6 is 0 Å². The number of hydrogen-bond acceptors (Lipinski definition) is 2. The maximum atomic E-state index is 12.3. The molecule has 0 saturated carbocycles. The molecule has 0 unspecified atom stereocenters. The second-order valence-electron chi connectivity index (χ2n) is 5.10. The molecule has 1 fully saturated rings. The molecule has 0 bridgehead atoms. The van der Waals surface area contributed by atoms with Crippen molar-refractivity contribution in [2.75, 3.05) is 19.6 Å². The first-order valence-electron chi connectivity index (χ1n) is 7.39. The monoisotopic (exact) mass is 270 g/mol. The molecular weight excluding hydrogens is 248 g/mol. The van der Waals surface area contributed by atoms with Crippen molar-refractivity contribution in [2.24, 2.45) is 0 Å². The summed E-state index contributed by atoms with van der Waals surface area (Å²) in [5.41, 5.74) is 0.891. The van der Waals surface area contributed by atoms with Gasteiger partial charge in [-0.1, -0.05) is 31.0 Å². The lowest BCUT2D eigenvalue weighted by Gasteiger charge is -2.33. The van der Waals surface area contributed by atoms with E-state index < -0.39 is 0 Å². The lowest BCUT2D eigenvalue weighted by Crippen LogP contribution is -2.46. The highest BCUT2D eigenvalue weighted by atomic mass is 16.2. The fraction of sp³-hybridized carbons (Fsp3) is 0.471. The summed E-state index contributed by atoms with van der Waals surface area (Å²) in [6.45, 7) is 4.88. The second-order valence-corrected chi connectivity index (χ2v) is 5.10. The van der Waals surface area contributed by atoms with Gasteiger partial charge in [0.05, 0.1) is 0 Å². The highest BCUT2D eigenvalue weighted by molar-refractivity contribution is 5.94. The van der Waals surface area contributed by atoms with Gasteiger partial charge in [-0.2, -0.15) is 0 Å². The summed E-state index contributed by atoms with van der Waals surface area (Å²) < 4.78 is 0. The van der Waals surface area contributed by atoms with Crippen LogP contribution in [-0.4, -0.2) is 36.5 Å². The fourth-order valence-corrected chi connectivity index (χ4v) is 2.53. The molecule has 3 nitrogen and oxygen atoms in total. The molecule has 1 aromatic carbocycles. The predicted octanol–water partition coefficient (Wildman–Crippen LogP) is 2.03. The van der Waals surface area contributed by atoms with Gasteiger partial charge in [0.1, 0.15) is 0 Å². The van der Waals surface area contributed by atoms with Gasteiger partial charge in [-0.15, -0.1) is 0 Å². The van der Waals surface area contributed by atoms with E-state index in [0.29, 0.717) is 6.04 Å². The van der Waals surface area contributed by atoms with Crippen molar-refractivity contribution in [3.8, 4) is 11.8 Å². The molecule has 20 heavy (non-hydrogen) atoms. The van der Waals surface area contributed by atoms with Crippen LogP contribution in [-0.2, 0) is 4.79 Å². The molecule has 1 N–H and O–H groups in total. The summed E-state index contributed by atoms with van der Waals surface area (Å²) in [7, 11) is 0. The maximum Gasteiger partial charge on any atom is 0.299 e. The Kier molecular flexibility index (Phi) is 5.64. The number of nitrogens with zero attached hydrogens (tertiary/aromatic N) is 1. The Morgan fingerprint density at radius 2 is 2.00 bits per heavy atom. The first kappa shape index (κ1) is 14.6. The van der Waals surface area contributed by atoms with Crippen LogP contribution in [0.3, 0.4) is 0 Å². The Morgan fingerprint density at radius 3 is 2.65 bits per heavy atom. The first-order valence-corrected chi connectivity index (χ1v) is 7.39. The van der Waals surface area contributed by atoms with Crippen LogP contribution in [0.2, 0.25) is 0 Å². The Bertz CT molecular complexity index is 481. The molecule has 0 atom stereocenters. The zero-order valence-corrected chi connectivity index (χ0v) is 12.1. The largest absolute Gasteiger partial charge is 0.329 e. The summed E-state index contributed by atoms with van der Waals surface area (Å²) in [5.74, 6) is 5.72. The molecule has 1 aliphatic heterocycles. The third kappa shape index (κ3) is 4.11. The van der Waals surface area contributed by atoms with E-state index in [-0.39, 0.29) is 5.91 Å². The summed E-state index contributed by atoms with van der Waals surface area (Å²) in [5, 5.41) is 3.33. The molecule has 3 heteroatoms. The van der Waals surface area contributed by atoms with Gasteiger partial charge in [0.25, 0.3) is 5.91 Å². The van der Waals surface area contributed by atoms with E-state index in [1.54, 1.807) is 0 Å². The topological polar surface area (TPSA) is 32.3 Å². The van der Waals surface area contributed by atoms with Gasteiger partial charge in [0, 0.05) is 24.1 Å². The molecule has 106 valence electrons. The minimum Gasteiger partial charge on any atom is -0.329 e.